The first-order valence-electron chi connectivity index (χ1n) is 5.40. The van der Waals surface area contributed by atoms with Crippen LogP contribution in [0.2, 0.25) is 0 Å². The monoisotopic (exact) mass is 272 g/mol. The number of carbonyl (C=O) groups excluding carboxylic acids is 1. The van der Waals surface area contributed by atoms with Crippen LogP contribution in [0.4, 0.5) is 0 Å². The number of carboxylic acid groups (broad SMARTS) is 1. The molecular weight excluding hydrogens is 256 g/mol. The highest BCUT2D eigenvalue weighted by Crippen LogP contribution is 2.11. The number of amides is 1. The van der Waals surface area contributed by atoms with Gasteiger partial charge in [0.05, 0.1) is 18.1 Å². The first kappa shape index (κ1) is 14.6. The molecule has 0 aliphatic carbocycles. The van der Waals surface area contributed by atoms with Crippen molar-refractivity contribution in [2.24, 2.45) is 5.73 Å². The van der Waals surface area contributed by atoms with Crippen molar-refractivity contribution in [2.75, 3.05) is 5.75 Å². The van der Waals surface area contributed by atoms with Gasteiger partial charge in [-0.25, -0.2) is 0 Å². The fraction of sp³-hybridized carbons (Fsp3) is 0.455. The van der Waals surface area contributed by atoms with E-state index in [2.05, 4.69) is 5.32 Å². The van der Waals surface area contributed by atoms with Crippen molar-refractivity contribution in [3.63, 3.8) is 0 Å². The third-order valence-corrected chi connectivity index (χ3v) is 3.49. The molecule has 0 saturated carbocycles. The molecule has 0 saturated heterocycles. The van der Waals surface area contributed by atoms with Crippen molar-refractivity contribution in [1.29, 1.82) is 0 Å². The first-order chi connectivity index (χ1) is 8.50. The van der Waals surface area contributed by atoms with Crippen molar-refractivity contribution in [1.82, 2.24) is 5.32 Å². The third kappa shape index (κ3) is 4.80. The van der Waals surface area contributed by atoms with Crippen molar-refractivity contribution >= 4 is 23.6 Å². The molecular formula is C11H16N2O4S. The summed E-state index contributed by atoms with van der Waals surface area (Å²) in [5.41, 5.74) is 5.35. The van der Waals surface area contributed by atoms with E-state index in [1.807, 2.05) is 0 Å². The lowest BCUT2D eigenvalue weighted by atomic mass is 10.4. The fourth-order valence-corrected chi connectivity index (χ4v) is 2.00. The van der Waals surface area contributed by atoms with E-state index in [1.165, 1.54) is 18.0 Å². The molecule has 1 heterocycles. The molecule has 0 radical (unpaired) electrons. The Morgan fingerprint density at radius 1 is 1.61 bits per heavy atom. The predicted octanol–water partition coefficient (Wildman–Crippen LogP) is 0.429. The standard InChI is InChI=1S/C11H16N2O4S/c1-7(18-6-9(12)11(15)16)10(14)13-5-8-3-2-4-17-8/h2-4,7,9H,5-6,12H2,1H3,(H,13,14)(H,15,16)/t7?,9-/m1/s1. The number of hydrogen-bond acceptors (Lipinski definition) is 5. The number of hydrogen-bond donors (Lipinski definition) is 3. The molecule has 0 aliphatic heterocycles. The van der Waals surface area contributed by atoms with Gasteiger partial charge in [0, 0.05) is 5.75 Å². The Bertz CT molecular complexity index is 394. The number of nitrogens with one attached hydrogen (secondary N) is 1. The smallest absolute Gasteiger partial charge is 0.321 e. The van der Waals surface area contributed by atoms with Gasteiger partial charge < -0.3 is 20.6 Å². The quantitative estimate of drug-likeness (QED) is 0.664. The average molecular weight is 272 g/mol. The second-order valence-corrected chi connectivity index (χ2v) is 5.09. The van der Waals surface area contributed by atoms with Gasteiger partial charge in [-0.2, -0.15) is 0 Å². The van der Waals surface area contributed by atoms with Crippen LogP contribution >= 0.6 is 11.8 Å². The van der Waals surface area contributed by atoms with Gasteiger partial charge in [0.2, 0.25) is 5.91 Å². The molecule has 1 unspecified atom stereocenters. The number of thioether (sulfide) groups is 1. The van der Waals surface area contributed by atoms with E-state index in [0.717, 1.165) is 0 Å². The van der Waals surface area contributed by atoms with Gasteiger partial charge in [0.1, 0.15) is 11.8 Å². The van der Waals surface area contributed by atoms with Gasteiger partial charge >= 0.3 is 5.97 Å². The van der Waals surface area contributed by atoms with Crippen molar-refractivity contribution in [2.45, 2.75) is 24.8 Å². The highest BCUT2D eigenvalue weighted by atomic mass is 32.2. The zero-order chi connectivity index (χ0) is 13.5. The Morgan fingerprint density at radius 3 is 2.89 bits per heavy atom. The maximum Gasteiger partial charge on any atom is 0.321 e. The fourth-order valence-electron chi connectivity index (χ4n) is 1.13. The van der Waals surface area contributed by atoms with E-state index in [1.54, 1.807) is 19.1 Å². The SMILES string of the molecule is CC(SC[C@@H](N)C(=O)O)C(=O)NCc1ccco1. The van der Waals surface area contributed by atoms with Crippen LogP contribution in [0, 0.1) is 0 Å². The van der Waals surface area contributed by atoms with Gasteiger partial charge in [-0.3, -0.25) is 9.59 Å². The number of furan rings is 1. The molecule has 1 aromatic rings. The minimum Gasteiger partial charge on any atom is -0.480 e. The number of carbonyl (C=O) groups is 2. The number of carboxylic acids is 1. The summed E-state index contributed by atoms with van der Waals surface area (Å²) in [6.07, 6.45) is 1.53. The molecule has 0 aromatic carbocycles. The number of aliphatic carboxylic acids is 1. The molecule has 0 bridgehead atoms. The van der Waals surface area contributed by atoms with E-state index in [0.29, 0.717) is 12.3 Å². The molecule has 0 spiro atoms. The first-order valence-corrected chi connectivity index (χ1v) is 6.45. The molecule has 6 nitrogen and oxygen atoms in total. The second-order valence-electron chi connectivity index (χ2n) is 3.72. The molecule has 18 heavy (non-hydrogen) atoms. The van der Waals surface area contributed by atoms with Crippen LogP contribution in [0.25, 0.3) is 0 Å². The molecule has 0 aliphatic rings. The molecule has 1 rings (SSSR count). The van der Waals surface area contributed by atoms with Gasteiger partial charge in [-0.15, -0.1) is 11.8 Å². The summed E-state index contributed by atoms with van der Waals surface area (Å²) in [6, 6.07) is 2.56. The number of nitrogens with two attached hydrogens (primary N) is 1. The summed E-state index contributed by atoms with van der Waals surface area (Å²) >= 11 is 1.21. The molecule has 0 fully saturated rings. The van der Waals surface area contributed by atoms with Crippen molar-refractivity contribution in [3.05, 3.63) is 24.2 Å². The van der Waals surface area contributed by atoms with Crippen LogP contribution < -0.4 is 11.1 Å². The number of rotatable bonds is 7. The van der Waals surface area contributed by atoms with Crippen molar-refractivity contribution < 1.29 is 19.1 Å². The Morgan fingerprint density at radius 2 is 2.33 bits per heavy atom. The largest absolute Gasteiger partial charge is 0.480 e. The highest BCUT2D eigenvalue weighted by molar-refractivity contribution is 8.00. The third-order valence-electron chi connectivity index (χ3n) is 2.23. The van der Waals surface area contributed by atoms with Gasteiger partial charge in [0.15, 0.2) is 0 Å². The van der Waals surface area contributed by atoms with Gasteiger partial charge in [0.25, 0.3) is 0 Å². The zero-order valence-electron chi connectivity index (χ0n) is 9.96. The van der Waals surface area contributed by atoms with E-state index in [9.17, 15) is 9.59 Å². The Balaban J connectivity index is 2.26. The predicted molar refractivity (Wildman–Crippen MR) is 68.1 cm³/mol. The van der Waals surface area contributed by atoms with E-state index in [4.69, 9.17) is 15.3 Å². The lowest BCUT2D eigenvalue weighted by Crippen LogP contribution is -2.35. The Labute approximate surface area is 109 Å². The molecule has 2 atom stereocenters. The van der Waals surface area contributed by atoms with Crippen LogP contribution in [0.1, 0.15) is 12.7 Å². The Kier molecular flexibility index (Phi) is 5.73. The summed E-state index contributed by atoms with van der Waals surface area (Å²) in [6.45, 7) is 2.03. The van der Waals surface area contributed by atoms with Crippen molar-refractivity contribution in [3.8, 4) is 0 Å². The molecule has 1 amide bonds. The van der Waals surface area contributed by atoms with Crippen LogP contribution in [0.15, 0.2) is 22.8 Å². The molecule has 1 aromatic heterocycles. The maximum atomic E-state index is 11.7. The average Bonchev–Trinajstić information content (AvgIpc) is 2.85. The van der Waals surface area contributed by atoms with E-state index < -0.39 is 12.0 Å². The van der Waals surface area contributed by atoms with Crippen LogP contribution in [0.3, 0.4) is 0 Å². The van der Waals surface area contributed by atoms with Gasteiger partial charge in [-0.05, 0) is 19.1 Å². The van der Waals surface area contributed by atoms with Crippen LogP contribution in [-0.4, -0.2) is 34.0 Å². The highest BCUT2D eigenvalue weighted by Gasteiger charge is 2.18. The molecule has 4 N–H and O–H groups in total. The van der Waals surface area contributed by atoms with Crippen LogP contribution in [-0.2, 0) is 16.1 Å². The minimum absolute atomic E-state index is 0.172. The normalized spacial score (nSPS) is 13.9. The molecule has 100 valence electrons. The summed E-state index contributed by atoms with van der Waals surface area (Å²) in [5, 5.41) is 11.0. The minimum atomic E-state index is -1.06. The lowest BCUT2D eigenvalue weighted by molar-refractivity contribution is -0.138. The summed E-state index contributed by atoms with van der Waals surface area (Å²) in [7, 11) is 0. The zero-order valence-corrected chi connectivity index (χ0v) is 10.8. The van der Waals surface area contributed by atoms with Gasteiger partial charge in [-0.1, -0.05) is 0 Å². The maximum absolute atomic E-state index is 11.7. The second kappa shape index (κ2) is 7.07. The Hall–Kier alpha value is -1.47. The summed E-state index contributed by atoms with van der Waals surface area (Å²) in [4.78, 5) is 22.2. The summed E-state index contributed by atoms with van der Waals surface area (Å²) in [5.74, 6) is -0.368. The topological polar surface area (TPSA) is 106 Å². The molecule has 7 heteroatoms. The van der Waals surface area contributed by atoms with E-state index in [-0.39, 0.29) is 16.9 Å². The van der Waals surface area contributed by atoms with Crippen LogP contribution in [0.5, 0.6) is 0 Å². The van der Waals surface area contributed by atoms with E-state index >= 15 is 0 Å². The summed E-state index contributed by atoms with van der Waals surface area (Å²) < 4.78 is 5.07. The lowest BCUT2D eigenvalue weighted by Gasteiger charge is -2.12.